The number of hydrogen-bond donors (Lipinski definition) is 1. The van der Waals surface area contributed by atoms with Crippen molar-refractivity contribution in [1.29, 1.82) is 0 Å². The second kappa shape index (κ2) is 11.4. The molecule has 0 bridgehead atoms. The minimum atomic E-state index is -0.0139. The molecule has 1 aromatic carbocycles. The number of amides is 1. The van der Waals surface area contributed by atoms with Crippen molar-refractivity contribution in [3.8, 4) is 17.2 Å². The van der Waals surface area contributed by atoms with Crippen LogP contribution in [0.2, 0.25) is 0 Å². The molecule has 1 fully saturated rings. The van der Waals surface area contributed by atoms with Gasteiger partial charge in [0.15, 0.2) is 0 Å². The van der Waals surface area contributed by atoms with Gasteiger partial charge in [-0.05, 0) is 37.1 Å². The molecule has 36 heavy (non-hydrogen) atoms. The highest BCUT2D eigenvalue weighted by molar-refractivity contribution is 5.93. The van der Waals surface area contributed by atoms with Crippen LogP contribution < -0.4 is 14.8 Å². The average Bonchev–Trinajstić information content (AvgIpc) is 3.39. The number of unbranched alkanes of at least 4 members (excludes halogenated alkanes) is 8. The molecule has 1 aliphatic carbocycles. The maximum absolute atomic E-state index is 12.6. The number of rotatable bonds is 14. The second-order valence-corrected chi connectivity index (χ2v) is 10.6. The number of anilines is 1. The molecule has 0 radical (unpaired) electrons. The van der Waals surface area contributed by atoms with Crippen LogP contribution in [0.15, 0.2) is 30.5 Å². The van der Waals surface area contributed by atoms with E-state index in [1.165, 1.54) is 51.4 Å². The van der Waals surface area contributed by atoms with Crippen molar-refractivity contribution >= 4 is 17.5 Å². The number of carbonyl (C=O) groups excluding carboxylic acids is 2. The molecule has 3 heterocycles. The quantitative estimate of drug-likeness (QED) is 0.285. The van der Waals surface area contributed by atoms with Crippen molar-refractivity contribution in [2.75, 3.05) is 5.32 Å². The monoisotopic (exact) mass is 490 g/mol. The van der Waals surface area contributed by atoms with Crippen LogP contribution in [-0.2, 0) is 16.0 Å². The lowest BCUT2D eigenvalue weighted by Gasteiger charge is -2.19. The lowest BCUT2D eigenvalue weighted by atomic mass is 10.0. The number of fused-ring (bicyclic) bond motifs is 4. The smallest absolute Gasteiger partial charge is 0.225 e. The molecule has 3 atom stereocenters. The molecule has 0 unspecified atom stereocenters. The van der Waals surface area contributed by atoms with E-state index in [-0.39, 0.29) is 12.0 Å². The summed E-state index contributed by atoms with van der Waals surface area (Å²) in [5, 5.41) is 2.82. The van der Waals surface area contributed by atoms with Crippen LogP contribution in [0.25, 0.3) is 0 Å². The molecule has 1 saturated carbocycles. The first kappa shape index (κ1) is 24.8. The van der Waals surface area contributed by atoms with Gasteiger partial charge in [0.05, 0.1) is 0 Å². The predicted molar refractivity (Wildman–Crippen MR) is 140 cm³/mol. The van der Waals surface area contributed by atoms with E-state index in [1.807, 2.05) is 18.2 Å². The zero-order valence-electron chi connectivity index (χ0n) is 21.4. The van der Waals surface area contributed by atoms with Gasteiger partial charge in [0.1, 0.15) is 35.0 Å². The van der Waals surface area contributed by atoms with E-state index >= 15 is 0 Å². The number of aromatic nitrogens is 1. The Balaban J connectivity index is 1.08. The summed E-state index contributed by atoms with van der Waals surface area (Å²) >= 11 is 0. The van der Waals surface area contributed by atoms with Crippen LogP contribution in [0.3, 0.4) is 0 Å². The van der Waals surface area contributed by atoms with E-state index in [2.05, 4.69) is 23.3 Å². The van der Waals surface area contributed by atoms with E-state index in [9.17, 15) is 9.59 Å². The van der Waals surface area contributed by atoms with Crippen molar-refractivity contribution in [2.24, 2.45) is 5.92 Å². The highest BCUT2D eigenvalue weighted by Crippen LogP contribution is 2.60. The molecule has 192 valence electrons. The molecular weight excluding hydrogens is 452 g/mol. The van der Waals surface area contributed by atoms with Crippen LogP contribution in [0, 0.1) is 5.92 Å². The Morgan fingerprint density at radius 2 is 1.83 bits per heavy atom. The van der Waals surface area contributed by atoms with Crippen molar-refractivity contribution in [3.05, 3.63) is 41.6 Å². The number of hydrogen-bond acceptors (Lipinski definition) is 5. The van der Waals surface area contributed by atoms with Crippen molar-refractivity contribution in [3.63, 3.8) is 0 Å². The molecule has 2 aliphatic heterocycles. The number of carbonyl (C=O) groups is 2. The van der Waals surface area contributed by atoms with Crippen LogP contribution in [0.4, 0.5) is 5.82 Å². The summed E-state index contributed by atoms with van der Waals surface area (Å²) in [5.41, 5.74) is 2.08. The molecule has 6 heteroatoms. The third-order valence-corrected chi connectivity index (χ3v) is 7.82. The van der Waals surface area contributed by atoms with Crippen molar-refractivity contribution in [1.82, 2.24) is 4.98 Å². The van der Waals surface area contributed by atoms with Gasteiger partial charge in [-0.1, -0.05) is 58.3 Å². The second-order valence-electron chi connectivity index (χ2n) is 10.6. The fourth-order valence-corrected chi connectivity index (χ4v) is 5.74. The Kier molecular flexibility index (Phi) is 7.88. The molecular formula is C30H38N2O4. The van der Waals surface area contributed by atoms with Gasteiger partial charge in [-0.15, -0.1) is 0 Å². The predicted octanol–water partition coefficient (Wildman–Crippen LogP) is 7.11. The van der Waals surface area contributed by atoms with E-state index < -0.39 is 0 Å². The fraction of sp³-hybridized carbons (Fsp3) is 0.567. The zero-order valence-corrected chi connectivity index (χ0v) is 21.4. The molecule has 5 rings (SSSR count). The maximum Gasteiger partial charge on any atom is 0.225 e. The van der Waals surface area contributed by atoms with E-state index in [4.69, 9.17) is 9.47 Å². The summed E-state index contributed by atoms with van der Waals surface area (Å²) < 4.78 is 12.4. The first-order valence-electron chi connectivity index (χ1n) is 13.9. The standard InChI is InChI=1S/C30H38N2O4/c1-2-3-4-5-6-7-8-9-10-11-20(33)18-24-28-23-19-21(12-14-25(23)36-29(24)28)35-26-16-17-31-30-22(26)13-15-27(34)32-30/h12,14,16-17,19,24,28-29H,2-11,13,15,18H2,1H3,(H,31,32,34)/t24-,28-,29+/m0/s1. The number of ketones is 1. The van der Waals surface area contributed by atoms with Gasteiger partial charge in [0.25, 0.3) is 0 Å². The van der Waals surface area contributed by atoms with Crippen LogP contribution in [-0.4, -0.2) is 22.8 Å². The van der Waals surface area contributed by atoms with Gasteiger partial charge in [0, 0.05) is 48.4 Å². The Hall–Kier alpha value is -2.89. The molecule has 3 aliphatic rings. The topological polar surface area (TPSA) is 77.5 Å². The van der Waals surface area contributed by atoms with E-state index in [0.29, 0.717) is 49.1 Å². The number of Topliss-reactive ketones (excluding diaryl/α,β-unsaturated/α-hetero) is 1. The van der Waals surface area contributed by atoms with Crippen LogP contribution in [0.5, 0.6) is 17.2 Å². The number of nitrogens with one attached hydrogen (secondary N) is 1. The molecule has 1 amide bonds. The maximum atomic E-state index is 12.6. The largest absolute Gasteiger partial charge is 0.489 e. The van der Waals surface area contributed by atoms with Crippen molar-refractivity contribution in [2.45, 2.75) is 102 Å². The Labute approximate surface area is 214 Å². The van der Waals surface area contributed by atoms with Gasteiger partial charge in [-0.25, -0.2) is 4.98 Å². The number of nitrogens with zero attached hydrogens (tertiary/aromatic N) is 1. The molecule has 0 spiro atoms. The van der Waals surface area contributed by atoms with Gasteiger partial charge >= 0.3 is 0 Å². The Morgan fingerprint density at radius 1 is 1.06 bits per heavy atom. The van der Waals surface area contributed by atoms with Gasteiger partial charge in [-0.2, -0.15) is 0 Å². The van der Waals surface area contributed by atoms with Gasteiger partial charge < -0.3 is 14.8 Å². The van der Waals surface area contributed by atoms with Crippen LogP contribution in [0.1, 0.15) is 101 Å². The minimum absolute atomic E-state index is 0.0139. The molecule has 2 aromatic rings. The minimum Gasteiger partial charge on any atom is -0.489 e. The average molecular weight is 491 g/mol. The fourth-order valence-electron chi connectivity index (χ4n) is 5.74. The SMILES string of the molecule is CCCCCCCCCCCC(=O)C[C@@H]1[C@H]2Oc3ccc(Oc4ccnc5c4CCC(=O)N5)cc3[C@@H]12. The number of benzene rings is 1. The lowest BCUT2D eigenvalue weighted by Crippen LogP contribution is -2.20. The Bertz CT molecular complexity index is 1100. The first-order chi connectivity index (χ1) is 17.6. The summed E-state index contributed by atoms with van der Waals surface area (Å²) in [6, 6.07) is 7.78. The highest BCUT2D eigenvalue weighted by atomic mass is 16.5. The summed E-state index contributed by atoms with van der Waals surface area (Å²) in [4.78, 5) is 28.5. The summed E-state index contributed by atoms with van der Waals surface area (Å²) in [7, 11) is 0. The van der Waals surface area contributed by atoms with Gasteiger partial charge in [0.2, 0.25) is 5.91 Å². The van der Waals surface area contributed by atoms with Crippen molar-refractivity contribution < 1.29 is 19.1 Å². The first-order valence-corrected chi connectivity index (χ1v) is 13.9. The molecule has 1 aromatic heterocycles. The Morgan fingerprint density at radius 3 is 2.64 bits per heavy atom. The number of pyridine rings is 1. The van der Waals surface area contributed by atoms with Crippen LogP contribution >= 0.6 is 0 Å². The molecule has 6 nitrogen and oxygen atoms in total. The summed E-state index contributed by atoms with van der Waals surface area (Å²) in [5.74, 6) is 3.91. The van der Waals surface area contributed by atoms with E-state index in [0.717, 1.165) is 34.8 Å². The summed E-state index contributed by atoms with van der Waals surface area (Å²) in [6.07, 6.45) is 15.6. The van der Waals surface area contributed by atoms with E-state index in [1.54, 1.807) is 6.20 Å². The third kappa shape index (κ3) is 5.74. The highest BCUT2D eigenvalue weighted by Gasteiger charge is 2.58. The zero-order chi connectivity index (χ0) is 24.9. The molecule has 0 saturated heterocycles. The lowest BCUT2D eigenvalue weighted by molar-refractivity contribution is -0.119. The number of ether oxygens (including phenoxy) is 2. The third-order valence-electron chi connectivity index (χ3n) is 7.82. The summed E-state index contributed by atoms with van der Waals surface area (Å²) in [6.45, 7) is 2.25. The van der Waals surface area contributed by atoms with Gasteiger partial charge in [-0.3, -0.25) is 9.59 Å². The molecule has 1 N–H and O–H groups in total. The normalized spacial score (nSPS) is 21.1.